The van der Waals surface area contributed by atoms with E-state index in [0.29, 0.717) is 24.2 Å². The van der Waals surface area contributed by atoms with Gasteiger partial charge in [0.1, 0.15) is 0 Å². The molecule has 0 heterocycles. The van der Waals surface area contributed by atoms with E-state index in [1.165, 1.54) is 0 Å². The molecule has 0 N–H and O–H groups in total. The molecule has 48 heavy (non-hydrogen) atoms. The van der Waals surface area contributed by atoms with Crippen molar-refractivity contribution in [3.8, 4) is 0 Å². The second kappa shape index (κ2) is 53.1. The Bertz CT molecular complexity index is 446. The van der Waals surface area contributed by atoms with E-state index in [9.17, 15) is 0 Å². The molecular formula is C36H80Cu4N8. The average molecular weight is 879 g/mol. The van der Waals surface area contributed by atoms with E-state index in [1.54, 1.807) is 0 Å². The van der Waals surface area contributed by atoms with Crippen molar-refractivity contribution in [3.05, 3.63) is 42.5 Å². The zero-order valence-electron chi connectivity index (χ0n) is 33.9. The number of hydrogen-bond acceptors (Lipinski definition) is 0. The van der Waals surface area contributed by atoms with Crippen LogP contribution in [0.2, 0.25) is 0 Å². The molecule has 4 unspecified atom stereocenters. The summed E-state index contributed by atoms with van der Waals surface area (Å²) in [5.41, 5.74) is 0. The third kappa shape index (κ3) is 59.9. The van der Waals surface area contributed by atoms with E-state index in [0.717, 1.165) is 77.5 Å². The predicted molar refractivity (Wildman–Crippen MR) is 204 cm³/mol. The summed E-state index contributed by atoms with van der Waals surface area (Å²) in [5.74, 6) is 0. The van der Waals surface area contributed by atoms with Gasteiger partial charge in [-0.05, 0) is 0 Å². The van der Waals surface area contributed by atoms with Crippen LogP contribution in [0.1, 0.15) is 162 Å². The first-order valence-corrected chi connectivity index (χ1v) is 18.3. The quantitative estimate of drug-likeness (QED) is 0.0860. The second-order valence-electron chi connectivity index (χ2n) is 11.8. The summed E-state index contributed by atoms with van der Waals surface area (Å²) in [6, 6.07) is 1.81. The van der Waals surface area contributed by atoms with Crippen molar-refractivity contribution in [1.29, 1.82) is 0 Å². The van der Waals surface area contributed by atoms with Gasteiger partial charge < -0.3 is 42.5 Å². The Morgan fingerprint density at radius 2 is 0.458 bits per heavy atom. The van der Waals surface area contributed by atoms with Gasteiger partial charge in [0.25, 0.3) is 0 Å². The number of hydrogen-bond donors (Lipinski definition) is 0. The molecule has 0 saturated carbocycles. The summed E-state index contributed by atoms with van der Waals surface area (Å²) in [5, 5.41) is 35.3. The summed E-state index contributed by atoms with van der Waals surface area (Å²) >= 11 is 0. The maximum absolute atomic E-state index is 4.52. The summed E-state index contributed by atoms with van der Waals surface area (Å²) in [4.78, 5) is 0. The van der Waals surface area contributed by atoms with E-state index in [-0.39, 0.29) is 92.9 Å². The van der Waals surface area contributed by atoms with E-state index in [2.05, 4.69) is 139 Å². The van der Waals surface area contributed by atoms with Crippen molar-refractivity contribution >= 4 is 0 Å². The molecule has 308 valence electrons. The molecule has 0 aliphatic carbocycles. The zero-order valence-corrected chi connectivity index (χ0v) is 37.7. The minimum absolute atomic E-state index is 0. The van der Waals surface area contributed by atoms with Crippen LogP contribution in [0.5, 0.6) is 0 Å². The first-order valence-electron chi connectivity index (χ1n) is 18.3. The monoisotopic (exact) mass is 876 g/mol. The SMILES string of the molecule is CCC(C)[N-]C(C)[N-]C(C)CC.CCC(C)[N-]C(C)[N-]C(C)CC.CCC[N-]C(C)[N-]CCC.CCC[N-]C(C)[N-]CCC.[Cu+2].[Cu+2].[Cu+2].[Cu+2]. The molecule has 0 saturated heterocycles. The normalized spacial score (nSPS) is 13.9. The van der Waals surface area contributed by atoms with Crippen LogP contribution in [0.3, 0.4) is 0 Å². The van der Waals surface area contributed by atoms with Crippen LogP contribution in [0.25, 0.3) is 42.5 Å². The fourth-order valence-corrected chi connectivity index (χ4v) is 3.35. The molecule has 4 radical (unpaired) electrons. The van der Waals surface area contributed by atoms with Crippen molar-refractivity contribution in [2.24, 2.45) is 0 Å². The number of nitrogens with zero attached hydrogens (tertiary/aromatic N) is 8. The van der Waals surface area contributed by atoms with Gasteiger partial charge in [0.05, 0.1) is 0 Å². The van der Waals surface area contributed by atoms with Crippen molar-refractivity contribution < 1.29 is 68.3 Å². The van der Waals surface area contributed by atoms with Crippen LogP contribution in [-0.4, -0.2) is 75.0 Å². The summed E-state index contributed by atoms with van der Waals surface area (Å²) < 4.78 is 0. The molecule has 8 nitrogen and oxygen atoms in total. The Morgan fingerprint density at radius 3 is 0.583 bits per heavy atom. The van der Waals surface area contributed by atoms with Crippen molar-refractivity contribution in [2.45, 2.75) is 211 Å². The van der Waals surface area contributed by atoms with Crippen LogP contribution in [0.4, 0.5) is 0 Å². The van der Waals surface area contributed by atoms with Gasteiger partial charge in [0.15, 0.2) is 0 Å². The average Bonchev–Trinajstić information content (AvgIpc) is 3.00. The maximum Gasteiger partial charge on any atom is 2.00 e. The van der Waals surface area contributed by atoms with Gasteiger partial charge in [-0.2, -0.15) is 26.2 Å². The van der Waals surface area contributed by atoms with Gasteiger partial charge in [0, 0.05) is 0 Å². The minimum atomic E-state index is 0. The van der Waals surface area contributed by atoms with Gasteiger partial charge in [0.2, 0.25) is 0 Å². The van der Waals surface area contributed by atoms with Gasteiger partial charge in [-0.3, -0.25) is 0 Å². The van der Waals surface area contributed by atoms with Gasteiger partial charge in [-0.1, -0.05) is 134 Å². The molecule has 0 aromatic carbocycles. The summed E-state index contributed by atoms with van der Waals surface area (Å²) in [6.45, 7) is 37.8. The van der Waals surface area contributed by atoms with E-state index in [1.807, 2.05) is 13.8 Å². The first-order chi connectivity index (χ1) is 20.8. The molecule has 0 bridgehead atoms. The molecule has 0 spiro atoms. The van der Waals surface area contributed by atoms with Crippen molar-refractivity contribution in [2.75, 3.05) is 26.2 Å². The van der Waals surface area contributed by atoms with Gasteiger partial charge >= 0.3 is 68.3 Å². The van der Waals surface area contributed by atoms with Gasteiger partial charge in [-0.25, -0.2) is 24.7 Å². The van der Waals surface area contributed by atoms with Gasteiger partial charge in [-0.15, -0.1) is 51.9 Å². The Morgan fingerprint density at radius 1 is 0.292 bits per heavy atom. The molecule has 0 aliphatic heterocycles. The standard InChI is InChI=1S/2C10H22N2.2C8H18N2.4Cu/c2*1-6-8(3)11-10(5)12-9(4)7-2;2*1-4-6-9-8(3)10-7-5-2;;;;/h2*8-10H,6-7H2,1-5H3;2*8H,4-7H2,1-3H3;;;;/q4*-2;4*+2. The Hall–Kier alpha value is 1.76. The molecule has 0 aromatic heterocycles. The molecule has 0 aliphatic rings. The van der Waals surface area contributed by atoms with Crippen LogP contribution in [0.15, 0.2) is 0 Å². The largest absolute Gasteiger partial charge is 2.00 e. The van der Waals surface area contributed by atoms with Crippen LogP contribution < -0.4 is 0 Å². The second-order valence-corrected chi connectivity index (χ2v) is 11.8. The van der Waals surface area contributed by atoms with Crippen LogP contribution in [-0.2, 0) is 68.3 Å². The summed E-state index contributed by atoms with van der Waals surface area (Å²) in [6.07, 6.45) is 9.77. The molecular weight excluding hydrogens is 799 g/mol. The van der Waals surface area contributed by atoms with E-state index in [4.69, 9.17) is 0 Å². The minimum Gasteiger partial charge on any atom is -0.678 e. The Balaban J connectivity index is -0.0000000723. The third-order valence-electron chi connectivity index (χ3n) is 6.71. The fraction of sp³-hybridized carbons (Fsp3) is 1.00. The molecule has 0 aromatic rings. The summed E-state index contributed by atoms with van der Waals surface area (Å²) in [7, 11) is 0. The smallest absolute Gasteiger partial charge is 0.678 e. The maximum atomic E-state index is 4.52. The third-order valence-corrected chi connectivity index (χ3v) is 6.71. The predicted octanol–water partition coefficient (Wildman–Crippen LogP) is 13.1. The van der Waals surface area contributed by atoms with E-state index < -0.39 is 0 Å². The van der Waals surface area contributed by atoms with Crippen LogP contribution in [0, 0.1) is 0 Å². The van der Waals surface area contributed by atoms with E-state index >= 15 is 0 Å². The molecule has 12 heteroatoms. The molecule has 4 atom stereocenters. The Labute approximate surface area is 345 Å². The molecule has 0 fully saturated rings. The Kier molecular flexibility index (Phi) is 75.1. The zero-order chi connectivity index (χ0) is 34.8. The molecule has 0 rings (SSSR count). The first kappa shape index (κ1) is 67.8. The topological polar surface area (TPSA) is 113 Å². The fourth-order valence-electron chi connectivity index (χ4n) is 3.35. The number of rotatable bonds is 24. The van der Waals surface area contributed by atoms with Crippen molar-refractivity contribution in [1.82, 2.24) is 0 Å². The van der Waals surface area contributed by atoms with Crippen LogP contribution >= 0.6 is 0 Å². The molecule has 0 amide bonds. The van der Waals surface area contributed by atoms with Crippen molar-refractivity contribution in [3.63, 3.8) is 0 Å².